The van der Waals surface area contributed by atoms with Crippen LogP contribution < -0.4 is 5.73 Å². The smallest absolute Gasteiger partial charge is 0.105 e. The van der Waals surface area contributed by atoms with E-state index < -0.39 is 0 Å². The van der Waals surface area contributed by atoms with Gasteiger partial charge in [0.2, 0.25) is 0 Å². The van der Waals surface area contributed by atoms with Gasteiger partial charge in [-0.1, -0.05) is 50.6 Å². The number of furan rings is 1. The monoisotopic (exact) mass is 271 g/mol. The van der Waals surface area contributed by atoms with Crippen molar-refractivity contribution in [3.63, 3.8) is 0 Å². The molecule has 0 saturated carbocycles. The van der Waals surface area contributed by atoms with E-state index in [1.807, 2.05) is 13.8 Å². The van der Waals surface area contributed by atoms with Crippen molar-refractivity contribution in [2.45, 2.75) is 46.1 Å². The average molecular weight is 271 g/mol. The fourth-order valence-corrected chi connectivity index (χ4v) is 2.99. The molecule has 0 aliphatic carbocycles. The highest BCUT2D eigenvalue weighted by atomic mass is 16.3. The zero-order chi connectivity index (χ0) is 14.7. The second kappa shape index (κ2) is 6.27. The molecule has 0 fully saturated rings. The molecule has 108 valence electrons. The van der Waals surface area contributed by atoms with E-state index in [1.165, 1.54) is 5.56 Å². The first-order valence-corrected chi connectivity index (χ1v) is 7.42. The molecule has 2 nitrogen and oxygen atoms in total. The van der Waals surface area contributed by atoms with Gasteiger partial charge in [-0.2, -0.15) is 0 Å². The first-order chi connectivity index (χ1) is 9.54. The van der Waals surface area contributed by atoms with E-state index in [9.17, 15) is 0 Å². The molecule has 0 bridgehead atoms. The maximum atomic E-state index is 6.60. The molecule has 0 aliphatic rings. The van der Waals surface area contributed by atoms with Crippen molar-refractivity contribution in [2.24, 2.45) is 11.7 Å². The molecule has 0 amide bonds. The lowest BCUT2D eigenvalue weighted by Crippen LogP contribution is -2.25. The topological polar surface area (TPSA) is 39.2 Å². The van der Waals surface area contributed by atoms with Crippen molar-refractivity contribution in [3.05, 3.63) is 59.0 Å². The largest absolute Gasteiger partial charge is 0.466 e. The van der Waals surface area contributed by atoms with E-state index >= 15 is 0 Å². The molecule has 0 radical (unpaired) electrons. The van der Waals surface area contributed by atoms with Crippen LogP contribution in [-0.4, -0.2) is 0 Å². The predicted octanol–water partition coefficient (Wildman–Crippen LogP) is 4.73. The fraction of sp³-hybridized carbons (Fsp3) is 0.444. The number of hydrogen-bond acceptors (Lipinski definition) is 2. The molecule has 1 aromatic heterocycles. The van der Waals surface area contributed by atoms with Gasteiger partial charge >= 0.3 is 0 Å². The molecular weight excluding hydrogens is 246 g/mol. The third-order valence-corrected chi connectivity index (χ3v) is 4.27. The maximum Gasteiger partial charge on any atom is 0.105 e. The molecule has 20 heavy (non-hydrogen) atoms. The Morgan fingerprint density at radius 1 is 1.15 bits per heavy atom. The van der Waals surface area contributed by atoms with Crippen LogP contribution in [0.3, 0.4) is 0 Å². The van der Waals surface area contributed by atoms with Gasteiger partial charge in [0, 0.05) is 17.5 Å². The van der Waals surface area contributed by atoms with E-state index in [0.717, 1.165) is 23.5 Å². The number of nitrogens with two attached hydrogens (primary N) is 1. The SMILES string of the molecule is CCC(C)C(c1ccccc1)C(N)c1cc(C)oc1C. The van der Waals surface area contributed by atoms with Crippen molar-refractivity contribution in [3.8, 4) is 0 Å². The lowest BCUT2D eigenvalue weighted by atomic mass is 9.78. The summed E-state index contributed by atoms with van der Waals surface area (Å²) < 4.78 is 5.66. The number of rotatable bonds is 5. The second-order valence-electron chi connectivity index (χ2n) is 5.72. The summed E-state index contributed by atoms with van der Waals surface area (Å²) in [5.74, 6) is 2.72. The average Bonchev–Trinajstić information content (AvgIpc) is 2.79. The first kappa shape index (κ1) is 14.9. The van der Waals surface area contributed by atoms with Gasteiger partial charge in [-0.15, -0.1) is 0 Å². The van der Waals surface area contributed by atoms with Crippen LogP contribution in [0.2, 0.25) is 0 Å². The Balaban J connectivity index is 2.39. The lowest BCUT2D eigenvalue weighted by Gasteiger charge is -2.29. The number of aryl methyl sites for hydroxylation is 2. The van der Waals surface area contributed by atoms with Crippen molar-refractivity contribution >= 4 is 0 Å². The van der Waals surface area contributed by atoms with E-state index in [1.54, 1.807) is 0 Å². The highest BCUT2D eigenvalue weighted by Gasteiger charge is 2.28. The molecule has 0 saturated heterocycles. The molecule has 1 heterocycles. The molecule has 0 aliphatic heterocycles. The highest BCUT2D eigenvalue weighted by molar-refractivity contribution is 5.31. The second-order valence-corrected chi connectivity index (χ2v) is 5.72. The highest BCUT2D eigenvalue weighted by Crippen LogP contribution is 2.38. The molecule has 2 N–H and O–H groups in total. The normalized spacial score (nSPS) is 15.8. The summed E-state index contributed by atoms with van der Waals surface area (Å²) in [4.78, 5) is 0. The van der Waals surface area contributed by atoms with Gasteiger partial charge in [-0.05, 0) is 31.4 Å². The van der Waals surface area contributed by atoms with Crippen LogP contribution in [0.4, 0.5) is 0 Å². The van der Waals surface area contributed by atoms with Crippen LogP contribution >= 0.6 is 0 Å². The fourth-order valence-electron chi connectivity index (χ4n) is 2.99. The Labute approximate surface area is 122 Å². The summed E-state index contributed by atoms with van der Waals surface area (Å²) >= 11 is 0. The summed E-state index contributed by atoms with van der Waals surface area (Å²) in [5.41, 5.74) is 9.05. The summed E-state index contributed by atoms with van der Waals surface area (Å²) in [6, 6.07) is 12.6. The molecule has 3 unspecified atom stereocenters. The van der Waals surface area contributed by atoms with Gasteiger partial charge in [-0.25, -0.2) is 0 Å². The van der Waals surface area contributed by atoms with E-state index in [4.69, 9.17) is 10.2 Å². The third-order valence-electron chi connectivity index (χ3n) is 4.27. The Hall–Kier alpha value is -1.54. The Bertz CT molecular complexity index is 544. The van der Waals surface area contributed by atoms with Crippen molar-refractivity contribution in [2.75, 3.05) is 0 Å². The van der Waals surface area contributed by atoms with Crippen LogP contribution in [0.5, 0.6) is 0 Å². The Kier molecular flexibility index (Phi) is 4.66. The van der Waals surface area contributed by atoms with Crippen LogP contribution in [-0.2, 0) is 0 Å². The minimum atomic E-state index is -0.0233. The van der Waals surface area contributed by atoms with Crippen molar-refractivity contribution in [1.29, 1.82) is 0 Å². The van der Waals surface area contributed by atoms with Gasteiger partial charge in [-0.3, -0.25) is 0 Å². The molecule has 1 aromatic carbocycles. The van der Waals surface area contributed by atoms with E-state index in [2.05, 4.69) is 50.2 Å². The van der Waals surface area contributed by atoms with Gasteiger partial charge in [0.25, 0.3) is 0 Å². The minimum absolute atomic E-state index is 0.0233. The van der Waals surface area contributed by atoms with E-state index in [-0.39, 0.29) is 6.04 Å². The molecule has 0 spiro atoms. The maximum absolute atomic E-state index is 6.60. The van der Waals surface area contributed by atoms with Gasteiger partial charge in [0.15, 0.2) is 0 Å². The van der Waals surface area contributed by atoms with Gasteiger partial charge in [0.05, 0.1) is 0 Å². The summed E-state index contributed by atoms with van der Waals surface area (Å²) in [5, 5.41) is 0. The first-order valence-electron chi connectivity index (χ1n) is 7.42. The zero-order valence-electron chi connectivity index (χ0n) is 12.9. The third kappa shape index (κ3) is 2.96. The Morgan fingerprint density at radius 3 is 2.30 bits per heavy atom. The van der Waals surface area contributed by atoms with E-state index in [0.29, 0.717) is 11.8 Å². The minimum Gasteiger partial charge on any atom is -0.466 e. The van der Waals surface area contributed by atoms with Crippen LogP contribution in [0.1, 0.15) is 54.9 Å². The predicted molar refractivity (Wildman–Crippen MR) is 83.7 cm³/mol. The lowest BCUT2D eigenvalue weighted by molar-refractivity contribution is 0.383. The molecule has 3 atom stereocenters. The zero-order valence-corrected chi connectivity index (χ0v) is 12.9. The quantitative estimate of drug-likeness (QED) is 0.854. The summed E-state index contributed by atoms with van der Waals surface area (Å²) in [6.45, 7) is 8.48. The molecule has 2 rings (SSSR count). The molecule has 2 aromatic rings. The Morgan fingerprint density at radius 2 is 1.80 bits per heavy atom. The molecule has 2 heteroatoms. The van der Waals surface area contributed by atoms with Crippen LogP contribution in [0.25, 0.3) is 0 Å². The van der Waals surface area contributed by atoms with Crippen LogP contribution in [0.15, 0.2) is 40.8 Å². The number of benzene rings is 1. The van der Waals surface area contributed by atoms with Crippen molar-refractivity contribution < 1.29 is 4.42 Å². The molecular formula is C18H25NO. The summed E-state index contributed by atoms with van der Waals surface area (Å²) in [7, 11) is 0. The van der Waals surface area contributed by atoms with Crippen molar-refractivity contribution in [1.82, 2.24) is 0 Å². The standard InChI is InChI=1S/C18H25NO/c1-5-12(2)17(15-9-7-6-8-10-15)18(19)16-11-13(3)20-14(16)4/h6-12,17-18H,5,19H2,1-4H3. The van der Waals surface area contributed by atoms with Crippen LogP contribution in [0, 0.1) is 19.8 Å². The number of hydrogen-bond donors (Lipinski definition) is 1. The van der Waals surface area contributed by atoms with Gasteiger partial charge < -0.3 is 10.2 Å². The van der Waals surface area contributed by atoms with Gasteiger partial charge in [0.1, 0.15) is 11.5 Å². The summed E-state index contributed by atoms with van der Waals surface area (Å²) in [6.07, 6.45) is 1.11.